The van der Waals surface area contributed by atoms with Gasteiger partial charge in [0.2, 0.25) is 0 Å². The average Bonchev–Trinajstić information content (AvgIpc) is 2.00. The van der Waals surface area contributed by atoms with E-state index in [0.717, 1.165) is 0 Å². The molecule has 0 aromatic heterocycles. The minimum atomic E-state index is 0.423. The Morgan fingerprint density at radius 1 is 1.42 bits per heavy atom. The van der Waals surface area contributed by atoms with Crippen molar-refractivity contribution in [2.24, 2.45) is 0 Å². The van der Waals surface area contributed by atoms with Crippen LogP contribution in [0.25, 0.3) is 0 Å². The van der Waals surface area contributed by atoms with E-state index in [-0.39, 0.29) is 0 Å². The summed E-state index contributed by atoms with van der Waals surface area (Å²) in [6.45, 7) is 4.51. The number of aryl methyl sites for hydroxylation is 1. The van der Waals surface area contributed by atoms with Crippen LogP contribution in [0.5, 0.6) is 0 Å². The maximum absolute atomic E-state index is 2.34. The van der Waals surface area contributed by atoms with E-state index in [1.165, 1.54) is 23.3 Å². The van der Waals surface area contributed by atoms with Gasteiger partial charge in [0.25, 0.3) is 0 Å². The summed E-state index contributed by atoms with van der Waals surface area (Å²) in [4.78, 5) is 0. The summed E-state index contributed by atoms with van der Waals surface area (Å²) in [5, 5.41) is 0. The molecular weight excluding hydrogens is 164 g/mol. The lowest BCUT2D eigenvalue weighted by Gasteiger charge is -2.38. The van der Waals surface area contributed by atoms with Crippen LogP contribution < -0.4 is 0 Å². The van der Waals surface area contributed by atoms with Crippen molar-refractivity contribution >= 4 is 11.8 Å². The molecule has 1 unspecified atom stereocenters. The van der Waals surface area contributed by atoms with E-state index in [9.17, 15) is 0 Å². The predicted octanol–water partition coefficient (Wildman–Crippen LogP) is 3.35. The van der Waals surface area contributed by atoms with Crippen molar-refractivity contribution < 1.29 is 0 Å². The second-order valence-electron chi connectivity index (χ2n) is 3.70. The minimum absolute atomic E-state index is 0.423. The van der Waals surface area contributed by atoms with Gasteiger partial charge < -0.3 is 0 Å². The van der Waals surface area contributed by atoms with Gasteiger partial charge in [-0.05, 0) is 31.6 Å². The third kappa shape index (κ3) is 1.27. The minimum Gasteiger partial charge on any atom is -0.151 e. The standard InChI is InChI=1S/C11H14S/c1-9-4-3-5-10(8-9)11(2)6-7-12-11/h3-5,8H,6-7H2,1-2H3. The molecule has 1 saturated heterocycles. The zero-order valence-electron chi connectivity index (χ0n) is 7.63. The first-order chi connectivity index (χ1) is 5.71. The first-order valence-electron chi connectivity index (χ1n) is 4.42. The molecule has 1 aliphatic rings. The molecule has 0 aliphatic carbocycles. The van der Waals surface area contributed by atoms with Crippen molar-refractivity contribution in [2.75, 3.05) is 5.75 Å². The van der Waals surface area contributed by atoms with Crippen LogP contribution in [-0.4, -0.2) is 5.75 Å². The highest BCUT2D eigenvalue weighted by Crippen LogP contribution is 2.48. The highest BCUT2D eigenvalue weighted by molar-refractivity contribution is 8.01. The van der Waals surface area contributed by atoms with Gasteiger partial charge in [0.1, 0.15) is 0 Å². The topological polar surface area (TPSA) is 0 Å². The molecule has 12 heavy (non-hydrogen) atoms. The van der Waals surface area contributed by atoms with Crippen molar-refractivity contribution in [2.45, 2.75) is 25.0 Å². The van der Waals surface area contributed by atoms with Gasteiger partial charge in [-0.15, -0.1) is 0 Å². The highest BCUT2D eigenvalue weighted by Gasteiger charge is 2.34. The maximum Gasteiger partial charge on any atom is 0.0388 e. The number of benzene rings is 1. The fourth-order valence-corrected chi connectivity index (χ4v) is 2.72. The lowest BCUT2D eigenvalue weighted by atomic mass is 9.95. The summed E-state index contributed by atoms with van der Waals surface area (Å²) >= 11 is 2.07. The van der Waals surface area contributed by atoms with Gasteiger partial charge in [-0.2, -0.15) is 11.8 Å². The highest BCUT2D eigenvalue weighted by atomic mass is 32.2. The van der Waals surface area contributed by atoms with Crippen LogP contribution in [0.2, 0.25) is 0 Å². The van der Waals surface area contributed by atoms with E-state index in [1.807, 2.05) is 0 Å². The zero-order valence-corrected chi connectivity index (χ0v) is 8.45. The van der Waals surface area contributed by atoms with Crippen LogP contribution in [0.4, 0.5) is 0 Å². The second kappa shape index (κ2) is 2.81. The molecule has 1 atom stereocenters. The number of hydrogen-bond acceptors (Lipinski definition) is 1. The van der Waals surface area contributed by atoms with Crippen LogP contribution in [0.15, 0.2) is 24.3 Å². The summed E-state index contributed by atoms with van der Waals surface area (Å²) in [5.41, 5.74) is 2.87. The van der Waals surface area contributed by atoms with E-state index in [2.05, 4.69) is 49.9 Å². The molecule has 0 bridgehead atoms. The number of rotatable bonds is 1. The Balaban J connectivity index is 2.33. The van der Waals surface area contributed by atoms with Crippen LogP contribution >= 0.6 is 11.8 Å². The van der Waals surface area contributed by atoms with E-state index in [1.54, 1.807) is 0 Å². The SMILES string of the molecule is Cc1cccc(C2(C)CCS2)c1. The van der Waals surface area contributed by atoms with E-state index >= 15 is 0 Å². The quantitative estimate of drug-likeness (QED) is 0.635. The molecule has 0 spiro atoms. The third-order valence-corrected chi connectivity index (χ3v) is 4.11. The first kappa shape index (κ1) is 8.18. The van der Waals surface area contributed by atoms with Crippen molar-refractivity contribution in [1.29, 1.82) is 0 Å². The van der Waals surface area contributed by atoms with Gasteiger partial charge in [-0.1, -0.05) is 29.8 Å². The Labute approximate surface area is 78.4 Å². The monoisotopic (exact) mass is 178 g/mol. The lowest BCUT2D eigenvalue weighted by Crippen LogP contribution is -2.27. The van der Waals surface area contributed by atoms with E-state index in [0.29, 0.717) is 4.75 Å². The smallest absolute Gasteiger partial charge is 0.0388 e. The fourth-order valence-electron chi connectivity index (χ4n) is 1.61. The van der Waals surface area contributed by atoms with E-state index < -0.39 is 0 Å². The Hall–Kier alpha value is -0.430. The molecule has 1 heterocycles. The molecule has 1 heteroatoms. The van der Waals surface area contributed by atoms with E-state index in [4.69, 9.17) is 0 Å². The Morgan fingerprint density at radius 3 is 2.67 bits per heavy atom. The summed E-state index contributed by atoms with van der Waals surface area (Å²) in [5.74, 6) is 1.32. The zero-order chi connectivity index (χ0) is 8.60. The molecule has 0 amide bonds. The predicted molar refractivity (Wildman–Crippen MR) is 55.6 cm³/mol. The summed E-state index contributed by atoms with van der Waals surface area (Å²) in [6.07, 6.45) is 1.33. The molecule has 1 fully saturated rings. The largest absolute Gasteiger partial charge is 0.151 e. The number of hydrogen-bond donors (Lipinski definition) is 0. The maximum atomic E-state index is 2.34. The molecular formula is C11H14S. The van der Waals surface area contributed by atoms with Gasteiger partial charge in [0, 0.05) is 4.75 Å². The van der Waals surface area contributed by atoms with Crippen molar-refractivity contribution in [3.8, 4) is 0 Å². The normalized spacial score (nSPS) is 28.2. The van der Waals surface area contributed by atoms with Crippen molar-refractivity contribution in [3.05, 3.63) is 35.4 Å². The summed E-state index contributed by atoms with van der Waals surface area (Å²) < 4.78 is 0.423. The first-order valence-corrected chi connectivity index (χ1v) is 5.40. The molecule has 1 aromatic carbocycles. The van der Waals surface area contributed by atoms with Gasteiger partial charge in [0.05, 0.1) is 0 Å². The second-order valence-corrected chi connectivity index (χ2v) is 5.30. The Kier molecular flexibility index (Phi) is 1.91. The molecule has 0 saturated carbocycles. The van der Waals surface area contributed by atoms with Gasteiger partial charge in [-0.3, -0.25) is 0 Å². The molecule has 2 rings (SSSR count). The molecule has 0 nitrogen and oxygen atoms in total. The van der Waals surface area contributed by atoms with Crippen molar-refractivity contribution in [3.63, 3.8) is 0 Å². The van der Waals surface area contributed by atoms with Crippen LogP contribution in [0, 0.1) is 6.92 Å². The van der Waals surface area contributed by atoms with Crippen LogP contribution in [0.3, 0.4) is 0 Å². The molecule has 0 radical (unpaired) electrons. The molecule has 64 valence electrons. The summed E-state index contributed by atoms with van der Waals surface area (Å²) in [6, 6.07) is 8.89. The third-order valence-electron chi connectivity index (χ3n) is 2.63. The van der Waals surface area contributed by atoms with Crippen LogP contribution in [0.1, 0.15) is 24.5 Å². The average molecular weight is 178 g/mol. The Bertz CT molecular complexity index is 287. The van der Waals surface area contributed by atoms with Gasteiger partial charge in [0.15, 0.2) is 0 Å². The number of thioether (sulfide) groups is 1. The fraction of sp³-hybridized carbons (Fsp3) is 0.455. The molecule has 1 aliphatic heterocycles. The Morgan fingerprint density at radius 2 is 2.17 bits per heavy atom. The molecule has 1 aromatic rings. The van der Waals surface area contributed by atoms with Gasteiger partial charge in [-0.25, -0.2) is 0 Å². The van der Waals surface area contributed by atoms with Gasteiger partial charge >= 0.3 is 0 Å². The summed E-state index contributed by atoms with van der Waals surface area (Å²) in [7, 11) is 0. The van der Waals surface area contributed by atoms with Crippen molar-refractivity contribution in [1.82, 2.24) is 0 Å². The van der Waals surface area contributed by atoms with Crippen LogP contribution in [-0.2, 0) is 4.75 Å². The lowest BCUT2D eigenvalue weighted by molar-refractivity contribution is 0.625. The molecule has 0 N–H and O–H groups in total.